The molecule has 3 rings (SSSR count). The van der Waals surface area contributed by atoms with E-state index < -0.39 is 0 Å². The molecule has 1 aliphatic heterocycles. The highest BCUT2D eigenvalue weighted by Gasteiger charge is 2.25. The summed E-state index contributed by atoms with van der Waals surface area (Å²) in [6.07, 6.45) is 3.63. The van der Waals surface area contributed by atoms with Gasteiger partial charge in [-0.25, -0.2) is 4.39 Å². The Kier molecular flexibility index (Phi) is 2.85. The second-order valence-corrected chi connectivity index (χ2v) is 4.75. The number of carbonyl (C=O) groups is 1. The fraction of sp³-hybridized carbons (Fsp3) is 0.267. The summed E-state index contributed by atoms with van der Waals surface area (Å²) >= 11 is 0. The van der Waals surface area contributed by atoms with Crippen LogP contribution in [0.3, 0.4) is 0 Å². The third-order valence-electron chi connectivity index (χ3n) is 3.44. The van der Waals surface area contributed by atoms with Crippen molar-refractivity contribution in [2.75, 3.05) is 0 Å². The Morgan fingerprint density at radius 1 is 1.32 bits per heavy atom. The first-order valence-corrected chi connectivity index (χ1v) is 6.33. The molecule has 1 aromatic rings. The molecule has 1 heterocycles. The summed E-state index contributed by atoms with van der Waals surface area (Å²) in [6.45, 7) is 2.02. The molecule has 0 aromatic heterocycles. The lowest BCUT2D eigenvalue weighted by Crippen LogP contribution is -2.01. The van der Waals surface area contributed by atoms with Crippen LogP contribution in [0, 0.1) is 5.82 Å². The Labute approximate surface area is 110 Å². The van der Waals surface area contributed by atoms with Gasteiger partial charge in [0.2, 0.25) is 0 Å². The third kappa shape index (κ3) is 2.14. The van der Waals surface area contributed by atoms with Gasteiger partial charge in [-0.15, -0.1) is 0 Å². The third-order valence-corrected chi connectivity index (χ3v) is 3.44. The van der Waals surface area contributed by atoms with Gasteiger partial charge in [-0.3, -0.25) is 4.79 Å². The molecule has 0 N–H and O–H groups in total. The molecule has 19 heavy (non-hydrogen) atoms. The van der Waals surface area contributed by atoms with Crippen molar-refractivity contribution in [2.24, 2.45) is 10.2 Å². The number of nitrogens with zero attached hydrogens (tertiary/aromatic N) is 2. The van der Waals surface area contributed by atoms with Crippen molar-refractivity contribution in [3.05, 3.63) is 41.2 Å². The number of fused-ring (bicyclic) bond motifs is 1. The summed E-state index contributed by atoms with van der Waals surface area (Å²) in [5.41, 5.74) is 3.92. The summed E-state index contributed by atoms with van der Waals surface area (Å²) < 4.78 is 13.3. The summed E-state index contributed by atoms with van der Waals surface area (Å²) in [5, 5.41) is 8.11. The minimum atomic E-state index is -0.321. The number of Topliss-reactive ketones (excluding diaryl/α,β-unsaturated/α-hetero) is 1. The highest BCUT2D eigenvalue weighted by Crippen LogP contribution is 2.30. The van der Waals surface area contributed by atoms with Gasteiger partial charge in [-0.05, 0) is 35.8 Å². The number of carbonyl (C=O) groups excluding carboxylic acids is 1. The zero-order valence-corrected chi connectivity index (χ0v) is 10.6. The quantitative estimate of drug-likeness (QED) is 0.750. The molecular weight excluding hydrogens is 243 g/mol. The Hall–Kier alpha value is -2.10. The van der Waals surface area contributed by atoms with Crippen LogP contribution in [0.4, 0.5) is 4.39 Å². The molecule has 0 saturated carbocycles. The van der Waals surface area contributed by atoms with Crippen molar-refractivity contribution in [2.45, 2.75) is 26.2 Å². The summed E-state index contributed by atoms with van der Waals surface area (Å²) in [4.78, 5) is 12.0. The molecule has 1 aliphatic carbocycles. The molecule has 4 heteroatoms. The maximum atomic E-state index is 13.3. The number of rotatable bonds is 2. The molecule has 0 fully saturated rings. The van der Waals surface area contributed by atoms with Gasteiger partial charge >= 0.3 is 0 Å². The normalized spacial score (nSPS) is 19.7. The maximum absolute atomic E-state index is 13.3. The number of halogens is 1. The molecule has 0 spiro atoms. The van der Waals surface area contributed by atoms with Crippen LogP contribution in [0.25, 0.3) is 5.57 Å². The largest absolute Gasteiger partial charge is 0.294 e. The zero-order chi connectivity index (χ0) is 13.4. The maximum Gasteiger partial charge on any atom is 0.167 e. The van der Waals surface area contributed by atoms with Crippen LogP contribution in [-0.2, 0) is 11.2 Å². The minimum Gasteiger partial charge on any atom is -0.294 e. The Bertz CT molecular complexity index is 656. The van der Waals surface area contributed by atoms with E-state index in [0.717, 1.165) is 23.4 Å². The van der Waals surface area contributed by atoms with Gasteiger partial charge < -0.3 is 0 Å². The van der Waals surface area contributed by atoms with E-state index in [-0.39, 0.29) is 11.6 Å². The smallest absolute Gasteiger partial charge is 0.167 e. The van der Waals surface area contributed by atoms with Gasteiger partial charge in [-0.1, -0.05) is 13.0 Å². The van der Waals surface area contributed by atoms with Gasteiger partial charge in [0.15, 0.2) is 5.78 Å². The molecule has 3 nitrogen and oxygen atoms in total. The standard InChI is InChI=1S/C15H13FN2O/c1-2-11-7-12(18-17-11)8-14-13-6-10(16)4-3-9(13)5-15(14)19/h3-4,6,8H,2,5,7H2,1H3/b14-8-. The Morgan fingerprint density at radius 2 is 2.16 bits per heavy atom. The lowest BCUT2D eigenvalue weighted by molar-refractivity contribution is -0.112. The van der Waals surface area contributed by atoms with E-state index in [9.17, 15) is 9.18 Å². The monoisotopic (exact) mass is 256 g/mol. The Morgan fingerprint density at radius 3 is 2.89 bits per heavy atom. The first-order valence-electron chi connectivity index (χ1n) is 6.33. The first kappa shape index (κ1) is 12.0. The highest BCUT2D eigenvalue weighted by molar-refractivity contribution is 6.30. The van der Waals surface area contributed by atoms with Gasteiger partial charge in [0.25, 0.3) is 0 Å². The van der Waals surface area contributed by atoms with E-state index >= 15 is 0 Å². The van der Waals surface area contributed by atoms with Crippen molar-refractivity contribution >= 4 is 22.8 Å². The zero-order valence-electron chi connectivity index (χ0n) is 10.6. The summed E-state index contributed by atoms with van der Waals surface area (Å²) in [6, 6.07) is 4.48. The van der Waals surface area contributed by atoms with Crippen molar-refractivity contribution < 1.29 is 9.18 Å². The fourth-order valence-corrected chi connectivity index (χ4v) is 2.39. The van der Waals surface area contributed by atoms with E-state index in [4.69, 9.17) is 0 Å². The second-order valence-electron chi connectivity index (χ2n) is 4.75. The van der Waals surface area contributed by atoms with Gasteiger partial charge in [0, 0.05) is 24.1 Å². The lowest BCUT2D eigenvalue weighted by atomic mass is 10.0. The van der Waals surface area contributed by atoms with Crippen LogP contribution >= 0.6 is 0 Å². The molecule has 0 saturated heterocycles. The fourth-order valence-electron chi connectivity index (χ4n) is 2.39. The molecule has 1 aromatic carbocycles. The van der Waals surface area contributed by atoms with Gasteiger partial charge in [-0.2, -0.15) is 10.2 Å². The Balaban J connectivity index is 1.95. The second kappa shape index (κ2) is 4.53. The molecule has 0 amide bonds. The molecule has 96 valence electrons. The highest BCUT2D eigenvalue weighted by atomic mass is 19.1. The van der Waals surface area contributed by atoms with Crippen LogP contribution in [0.2, 0.25) is 0 Å². The number of allylic oxidation sites excluding steroid dienone is 2. The van der Waals surface area contributed by atoms with Crippen LogP contribution in [-0.4, -0.2) is 17.2 Å². The molecule has 0 unspecified atom stereocenters. The van der Waals surface area contributed by atoms with Crippen molar-refractivity contribution in [1.82, 2.24) is 0 Å². The van der Waals surface area contributed by atoms with Crippen LogP contribution < -0.4 is 0 Å². The number of ketones is 1. The van der Waals surface area contributed by atoms with E-state index in [1.54, 1.807) is 12.1 Å². The van der Waals surface area contributed by atoms with Crippen molar-refractivity contribution in [3.8, 4) is 0 Å². The van der Waals surface area contributed by atoms with E-state index in [1.807, 2.05) is 6.92 Å². The summed E-state index contributed by atoms with van der Waals surface area (Å²) in [5.74, 6) is -0.300. The molecular formula is C15H13FN2O. The van der Waals surface area contributed by atoms with E-state index in [2.05, 4.69) is 10.2 Å². The van der Waals surface area contributed by atoms with Crippen LogP contribution in [0.15, 0.2) is 34.5 Å². The molecule has 2 aliphatic rings. The van der Waals surface area contributed by atoms with Crippen molar-refractivity contribution in [3.63, 3.8) is 0 Å². The molecule has 0 radical (unpaired) electrons. The average molecular weight is 256 g/mol. The molecule has 0 bridgehead atoms. The average Bonchev–Trinajstić information content (AvgIpc) is 2.96. The summed E-state index contributed by atoms with van der Waals surface area (Å²) in [7, 11) is 0. The predicted molar refractivity (Wildman–Crippen MR) is 72.9 cm³/mol. The number of hydrogen-bond donors (Lipinski definition) is 0. The van der Waals surface area contributed by atoms with E-state index in [0.29, 0.717) is 24.0 Å². The predicted octanol–water partition coefficient (Wildman–Crippen LogP) is 2.95. The lowest BCUT2D eigenvalue weighted by Gasteiger charge is -2.00. The first-order chi connectivity index (χ1) is 9.17. The van der Waals surface area contributed by atoms with Gasteiger partial charge in [0.05, 0.1) is 5.71 Å². The SMILES string of the molecule is CCC1=NN=C(/C=C2\C(=O)Cc3ccc(F)cc32)C1. The van der Waals surface area contributed by atoms with Gasteiger partial charge in [0.1, 0.15) is 5.82 Å². The van der Waals surface area contributed by atoms with Crippen LogP contribution in [0.5, 0.6) is 0 Å². The topological polar surface area (TPSA) is 41.8 Å². The molecule has 0 atom stereocenters. The minimum absolute atomic E-state index is 0.0215. The van der Waals surface area contributed by atoms with Crippen molar-refractivity contribution in [1.29, 1.82) is 0 Å². The van der Waals surface area contributed by atoms with E-state index in [1.165, 1.54) is 12.1 Å². The van der Waals surface area contributed by atoms with Crippen LogP contribution in [0.1, 0.15) is 30.9 Å². The number of hydrogen-bond acceptors (Lipinski definition) is 3. The number of benzene rings is 1.